The summed E-state index contributed by atoms with van der Waals surface area (Å²) in [5.74, 6) is 0.190. The molecule has 2 nitrogen and oxygen atoms in total. The fourth-order valence-corrected chi connectivity index (χ4v) is 3.13. The second-order valence-electron chi connectivity index (χ2n) is 5.90. The van der Waals surface area contributed by atoms with Crippen LogP contribution in [0.15, 0.2) is 42.5 Å². The first-order chi connectivity index (χ1) is 10.1. The highest BCUT2D eigenvalue weighted by Gasteiger charge is 2.15. The average Bonchev–Trinajstić information content (AvgIpc) is 2.94. The number of para-hydroxylation sites is 1. The van der Waals surface area contributed by atoms with Crippen LogP contribution in [0.2, 0.25) is 0 Å². The molecule has 0 fully saturated rings. The predicted octanol–water partition coefficient (Wildman–Crippen LogP) is 3.80. The number of ketones is 1. The first-order valence-electron chi connectivity index (χ1n) is 7.57. The summed E-state index contributed by atoms with van der Waals surface area (Å²) in [5.41, 5.74) is 5.93. The second-order valence-corrected chi connectivity index (χ2v) is 5.90. The zero-order valence-electron chi connectivity index (χ0n) is 12.7. The second kappa shape index (κ2) is 5.72. The minimum absolute atomic E-state index is 0.190. The van der Waals surface area contributed by atoms with Crippen LogP contribution in [-0.4, -0.2) is 19.4 Å². The van der Waals surface area contributed by atoms with Crippen molar-refractivity contribution in [1.29, 1.82) is 0 Å². The van der Waals surface area contributed by atoms with Gasteiger partial charge in [0.05, 0.1) is 6.54 Å². The van der Waals surface area contributed by atoms with Gasteiger partial charge < -0.3 is 4.90 Å². The molecule has 0 spiro atoms. The molecule has 0 heterocycles. The Hall–Kier alpha value is -2.09. The van der Waals surface area contributed by atoms with E-state index >= 15 is 0 Å². The number of nitrogens with zero attached hydrogens (tertiary/aromatic N) is 1. The maximum atomic E-state index is 12.5. The third-order valence-corrected chi connectivity index (χ3v) is 4.33. The number of carbonyl (C=O) groups is 1. The first-order valence-corrected chi connectivity index (χ1v) is 7.57. The maximum absolute atomic E-state index is 12.5. The van der Waals surface area contributed by atoms with Gasteiger partial charge in [-0.25, -0.2) is 0 Å². The molecule has 2 heteroatoms. The van der Waals surface area contributed by atoms with Gasteiger partial charge in [-0.3, -0.25) is 4.79 Å². The number of benzene rings is 2. The lowest BCUT2D eigenvalue weighted by molar-refractivity contribution is 0.100. The molecular formula is C19H21NO. The summed E-state index contributed by atoms with van der Waals surface area (Å²) in [6, 6.07) is 14.4. The molecule has 0 atom stereocenters. The van der Waals surface area contributed by atoms with Crippen molar-refractivity contribution in [3.05, 3.63) is 64.7 Å². The van der Waals surface area contributed by atoms with Crippen molar-refractivity contribution in [1.82, 2.24) is 0 Å². The molecule has 0 radical (unpaired) electrons. The standard InChI is InChI=1S/C19H21NO/c1-14-6-3-4-9-18(14)20(2)13-19(21)17-11-10-15-7-5-8-16(15)12-17/h3-4,6,9-12H,5,7-8,13H2,1-2H3. The van der Waals surface area contributed by atoms with E-state index in [1.165, 1.54) is 23.1 Å². The molecule has 1 aliphatic carbocycles. The number of carbonyl (C=O) groups excluding carboxylic acids is 1. The van der Waals surface area contributed by atoms with E-state index < -0.39 is 0 Å². The van der Waals surface area contributed by atoms with Crippen molar-refractivity contribution in [3.8, 4) is 0 Å². The maximum Gasteiger partial charge on any atom is 0.182 e. The number of rotatable bonds is 4. The van der Waals surface area contributed by atoms with Gasteiger partial charge in [0.2, 0.25) is 0 Å². The predicted molar refractivity (Wildman–Crippen MR) is 87.2 cm³/mol. The van der Waals surface area contributed by atoms with Gasteiger partial charge in [-0.1, -0.05) is 30.3 Å². The lowest BCUT2D eigenvalue weighted by Crippen LogP contribution is -2.26. The Morgan fingerprint density at radius 2 is 1.86 bits per heavy atom. The van der Waals surface area contributed by atoms with Crippen LogP contribution in [0, 0.1) is 6.92 Å². The van der Waals surface area contributed by atoms with Gasteiger partial charge in [0.25, 0.3) is 0 Å². The molecule has 0 aromatic heterocycles. The summed E-state index contributed by atoms with van der Waals surface area (Å²) < 4.78 is 0. The fraction of sp³-hybridized carbons (Fsp3) is 0.316. The van der Waals surface area contributed by atoms with Crippen LogP contribution in [0.3, 0.4) is 0 Å². The average molecular weight is 279 g/mol. The number of likely N-dealkylation sites (N-methyl/N-ethyl adjacent to an activating group) is 1. The molecule has 0 saturated carbocycles. The van der Waals surface area contributed by atoms with Crippen LogP contribution < -0.4 is 4.90 Å². The van der Waals surface area contributed by atoms with Gasteiger partial charge in [-0.15, -0.1) is 0 Å². The minimum atomic E-state index is 0.190. The van der Waals surface area contributed by atoms with Crippen molar-refractivity contribution in [3.63, 3.8) is 0 Å². The summed E-state index contributed by atoms with van der Waals surface area (Å²) >= 11 is 0. The van der Waals surface area contributed by atoms with Gasteiger partial charge in [-0.05, 0) is 55.0 Å². The normalized spacial score (nSPS) is 13.0. The van der Waals surface area contributed by atoms with Crippen LogP contribution in [0.25, 0.3) is 0 Å². The highest BCUT2D eigenvalue weighted by Crippen LogP contribution is 2.23. The quantitative estimate of drug-likeness (QED) is 0.793. The molecule has 0 bridgehead atoms. The highest BCUT2D eigenvalue weighted by molar-refractivity contribution is 5.99. The lowest BCUT2D eigenvalue weighted by Gasteiger charge is -2.20. The number of Topliss-reactive ketones (excluding diaryl/α,β-unsaturated/α-hetero) is 1. The summed E-state index contributed by atoms with van der Waals surface area (Å²) in [6.45, 7) is 2.50. The van der Waals surface area contributed by atoms with Crippen molar-refractivity contribution in [2.24, 2.45) is 0 Å². The fourth-order valence-electron chi connectivity index (χ4n) is 3.13. The molecule has 0 saturated heterocycles. The Bertz CT molecular complexity index is 675. The SMILES string of the molecule is Cc1ccccc1N(C)CC(=O)c1ccc2c(c1)CCC2. The summed E-state index contributed by atoms with van der Waals surface area (Å²) in [4.78, 5) is 14.5. The molecule has 0 unspecified atom stereocenters. The van der Waals surface area contributed by atoms with Crippen LogP contribution in [0.1, 0.15) is 33.5 Å². The molecule has 0 aliphatic heterocycles. The van der Waals surface area contributed by atoms with E-state index in [1.807, 2.05) is 30.1 Å². The number of aryl methyl sites for hydroxylation is 3. The number of hydrogen-bond acceptors (Lipinski definition) is 2. The van der Waals surface area contributed by atoms with Crippen molar-refractivity contribution in [2.75, 3.05) is 18.5 Å². The molecule has 108 valence electrons. The first kappa shape index (κ1) is 13.9. The Morgan fingerprint density at radius 1 is 1.10 bits per heavy atom. The van der Waals surface area contributed by atoms with Crippen LogP contribution >= 0.6 is 0 Å². The zero-order chi connectivity index (χ0) is 14.8. The van der Waals surface area contributed by atoms with E-state index in [4.69, 9.17) is 0 Å². The zero-order valence-corrected chi connectivity index (χ0v) is 12.7. The van der Waals surface area contributed by atoms with E-state index in [9.17, 15) is 4.79 Å². The van der Waals surface area contributed by atoms with Gasteiger partial charge in [0.1, 0.15) is 0 Å². The Morgan fingerprint density at radius 3 is 2.67 bits per heavy atom. The van der Waals surface area contributed by atoms with E-state index in [2.05, 4.69) is 31.2 Å². The Balaban J connectivity index is 1.76. The molecular weight excluding hydrogens is 258 g/mol. The monoisotopic (exact) mass is 279 g/mol. The molecule has 0 N–H and O–H groups in total. The minimum Gasteiger partial charge on any atom is -0.367 e. The van der Waals surface area contributed by atoms with Gasteiger partial charge in [0, 0.05) is 18.3 Å². The molecule has 1 aliphatic rings. The topological polar surface area (TPSA) is 20.3 Å². The van der Waals surface area contributed by atoms with E-state index in [1.54, 1.807) is 0 Å². The number of fused-ring (bicyclic) bond motifs is 1. The van der Waals surface area contributed by atoms with Gasteiger partial charge in [-0.2, -0.15) is 0 Å². The Labute approximate surface area is 126 Å². The van der Waals surface area contributed by atoms with Crippen molar-refractivity contribution < 1.29 is 4.79 Å². The summed E-state index contributed by atoms with van der Waals surface area (Å²) in [7, 11) is 1.98. The van der Waals surface area contributed by atoms with E-state index in [0.29, 0.717) is 6.54 Å². The van der Waals surface area contributed by atoms with Gasteiger partial charge in [0.15, 0.2) is 5.78 Å². The van der Waals surface area contributed by atoms with Gasteiger partial charge >= 0.3 is 0 Å². The summed E-state index contributed by atoms with van der Waals surface area (Å²) in [5, 5.41) is 0. The summed E-state index contributed by atoms with van der Waals surface area (Å²) in [6.07, 6.45) is 3.49. The van der Waals surface area contributed by atoms with Crippen molar-refractivity contribution in [2.45, 2.75) is 26.2 Å². The number of anilines is 1. The largest absolute Gasteiger partial charge is 0.367 e. The van der Waals surface area contributed by atoms with Crippen LogP contribution in [0.4, 0.5) is 5.69 Å². The third-order valence-electron chi connectivity index (χ3n) is 4.33. The number of hydrogen-bond donors (Lipinski definition) is 0. The smallest absolute Gasteiger partial charge is 0.182 e. The molecule has 2 aromatic carbocycles. The molecule has 0 amide bonds. The third kappa shape index (κ3) is 2.85. The highest BCUT2D eigenvalue weighted by atomic mass is 16.1. The molecule has 2 aromatic rings. The molecule has 21 heavy (non-hydrogen) atoms. The lowest BCUT2D eigenvalue weighted by atomic mass is 10.0. The van der Waals surface area contributed by atoms with Crippen LogP contribution in [0.5, 0.6) is 0 Å². The Kier molecular flexibility index (Phi) is 3.78. The van der Waals surface area contributed by atoms with E-state index in [-0.39, 0.29) is 5.78 Å². The van der Waals surface area contributed by atoms with Crippen LogP contribution in [-0.2, 0) is 12.8 Å². The van der Waals surface area contributed by atoms with E-state index in [0.717, 1.165) is 24.1 Å². The molecule has 3 rings (SSSR count). The van der Waals surface area contributed by atoms with Crippen molar-refractivity contribution >= 4 is 11.5 Å².